The molecule has 0 radical (unpaired) electrons. The zero-order chi connectivity index (χ0) is 21.4. The maximum absolute atomic E-state index is 12.8. The molecule has 5 rings (SSSR count). The van der Waals surface area contributed by atoms with E-state index in [4.69, 9.17) is 16.7 Å². The van der Waals surface area contributed by atoms with Gasteiger partial charge in [0.25, 0.3) is 0 Å². The topological polar surface area (TPSA) is 43.1 Å². The number of fused-ring (bicyclic) bond motifs is 1. The summed E-state index contributed by atoms with van der Waals surface area (Å²) in [6.45, 7) is 3.06. The van der Waals surface area contributed by atoms with E-state index in [0.717, 1.165) is 28.3 Å². The van der Waals surface area contributed by atoms with Crippen LogP contribution >= 0.6 is 11.6 Å². The molecule has 0 saturated carbocycles. The second-order valence-electron chi connectivity index (χ2n) is 7.64. The Kier molecular flexibility index (Phi) is 4.96. The highest BCUT2D eigenvalue weighted by atomic mass is 35.5. The maximum atomic E-state index is 12.8. The van der Waals surface area contributed by atoms with Gasteiger partial charge in [-0.25, -0.2) is 4.68 Å². The van der Waals surface area contributed by atoms with E-state index < -0.39 is 0 Å². The van der Waals surface area contributed by atoms with E-state index in [1.165, 1.54) is 5.56 Å². The third kappa shape index (κ3) is 3.68. The Balaban J connectivity index is 1.45. The summed E-state index contributed by atoms with van der Waals surface area (Å²) in [4.78, 5) is 14.6. The van der Waals surface area contributed by atoms with Crippen LogP contribution in [0.3, 0.4) is 0 Å². The SMILES string of the molecule is Cc1ccc(-n2nc3c(c2-n2cccc2)CN(C(=O)C=Cc2ccccc2Cl)C3)cc1. The highest BCUT2D eigenvalue weighted by Gasteiger charge is 2.30. The van der Waals surface area contributed by atoms with Gasteiger partial charge in [-0.3, -0.25) is 4.79 Å². The molecule has 2 aromatic heterocycles. The van der Waals surface area contributed by atoms with Gasteiger partial charge in [0.15, 0.2) is 0 Å². The molecule has 1 aliphatic heterocycles. The molecule has 1 amide bonds. The molecule has 5 nitrogen and oxygen atoms in total. The summed E-state index contributed by atoms with van der Waals surface area (Å²) in [5.41, 5.74) is 5.01. The molecule has 3 heterocycles. The van der Waals surface area contributed by atoms with Crippen LogP contribution < -0.4 is 0 Å². The van der Waals surface area contributed by atoms with Gasteiger partial charge in [0.2, 0.25) is 5.91 Å². The van der Waals surface area contributed by atoms with E-state index in [-0.39, 0.29) is 5.91 Å². The molecule has 0 N–H and O–H groups in total. The van der Waals surface area contributed by atoms with Gasteiger partial charge in [0.1, 0.15) is 5.82 Å². The molecule has 2 aromatic carbocycles. The standard InChI is InChI=1S/C25H21ClN4O/c1-18-8-11-20(12-9-18)30-25(28-14-4-5-15-28)21-16-29(17-23(21)27-30)24(31)13-10-19-6-2-3-7-22(19)26/h2-15H,16-17H2,1H3. The fourth-order valence-electron chi connectivity index (χ4n) is 3.84. The van der Waals surface area contributed by atoms with Gasteiger partial charge < -0.3 is 9.47 Å². The molecule has 0 bridgehead atoms. The van der Waals surface area contributed by atoms with E-state index >= 15 is 0 Å². The second kappa shape index (κ2) is 7.93. The fraction of sp³-hybridized carbons (Fsp3) is 0.120. The van der Waals surface area contributed by atoms with E-state index in [1.807, 2.05) is 53.5 Å². The molecule has 4 aromatic rings. The lowest BCUT2D eigenvalue weighted by Crippen LogP contribution is -2.24. The maximum Gasteiger partial charge on any atom is 0.247 e. The molecule has 0 unspecified atom stereocenters. The van der Waals surface area contributed by atoms with Gasteiger partial charge in [0, 0.05) is 29.1 Å². The molecule has 6 heteroatoms. The highest BCUT2D eigenvalue weighted by Crippen LogP contribution is 2.31. The number of aryl methyl sites for hydroxylation is 1. The molecule has 0 saturated heterocycles. The Labute approximate surface area is 185 Å². The molecule has 154 valence electrons. The van der Waals surface area contributed by atoms with Crippen LogP contribution in [-0.4, -0.2) is 25.2 Å². The summed E-state index contributed by atoms with van der Waals surface area (Å²) in [5, 5.41) is 5.49. The number of carbonyl (C=O) groups excluding carboxylic acids is 1. The smallest absolute Gasteiger partial charge is 0.247 e. The zero-order valence-electron chi connectivity index (χ0n) is 17.1. The van der Waals surface area contributed by atoms with Gasteiger partial charge in [-0.05, 0) is 48.9 Å². The Bertz CT molecular complexity index is 1270. The van der Waals surface area contributed by atoms with Crippen LogP contribution in [0, 0.1) is 6.92 Å². The van der Waals surface area contributed by atoms with E-state index in [9.17, 15) is 4.79 Å². The summed E-state index contributed by atoms with van der Waals surface area (Å²) in [5.74, 6) is 0.910. The lowest BCUT2D eigenvalue weighted by molar-refractivity contribution is -0.126. The van der Waals surface area contributed by atoms with Crippen molar-refractivity contribution in [2.24, 2.45) is 0 Å². The van der Waals surface area contributed by atoms with Crippen molar-refractivity contribution < 1.29 is 4.79 Å². The average molecular weight is 429 g/mol. The number of hydrogen-bond donors (Lipinski definition) is 0. The van der Waals surface area contributed by atoms with Gasteiger partial charge in [-0.2, -0.15) is 5.10 Å². The average Bonchev–Trinajstić information content (AvgIpc) is 3.49. The molecule has 0 atom stereocenters. The van der Waals surface area contributed by atoms with Gasteiger partial charge >= 0.3 is 0 Å². The van der Waals surface area contributed by atoms with Crippen LogP contribution in [0.5, 0.6) is 0 Å². The number of amides is 1. The van der Waals surface area contributed by atoms with Crippen molar-refractivity contribution in [1.29, 1.82) is 0 Å². The largest absolute Gasteiger partial charge is 0.329 e. The van der Waals surface area contributed by atoms with Crippen LogP contribution in [0.25, 0.3) is 17.6 Å². The third-order valence-corrected chi connectivity index (χ3v) is 5.82. The number of nitrogens with zero attached hydrogens (tertiary/aromatic N) is 4. The first-order chi connectivity index (χ1) is 15.1. The first-order valence-corrected chi connectivity index (χ1v) is 10.5. The number of aromatic nitrogens is 3. The first-order valence-electron chi connectivity index (χ1n) is 10.1. The summed E-state index contributed by atoms with van der Waals surface area (Å²) in [7, 11) is 0. The van der Waals surface area contributed by atoms with Crippen molar-refractivity contribution in [2.75, 3.05) is 0 Å². The third-order valence-electron chi connectivity index (χ3n) is 5.48. The minimum Gasteiger partial charge on any atom is -0.329 e. The minimum absolute atomic E-state index is 0.0572. The molecular formula is C25H21ClN4O. The van der Waals surface area contributed by atoms with Crippen LogP contribution in [0.15, 0.2) is 79.1 Å². The Morgan fingerprint density at radius 3 is 2.48 bits per heavy atom. The van der Waals surface area contributed by atoms with Crippen molar-refractivity contribution in [3.8, 4) is 11.5 Å². The molecule has 1 aliphatic rings. The lowest BCUT2D eigenvalue weighted by atomic mass is 10.2. The Hall–Kier alpha value is -3.57. The molecule has 31 heavy (non-hydrogen) atoms. The van der Waals surface area contributed by atoms with E-state index in [2.05, 4.69) is 35.8 Å². The van der Waals surface area contributed by atoms with Crippen LogP contribution in [0.2, 0.25) is 5.02 Å². The predicted octanol–water partition coefficient (Wildman–Crippen LogP) is 5.18. The summed E-state index contributed by atoms with van der Waals surface area (Å²) in [6.07, 6.45) is 7.35. The number of benzene rings is 2. The number of rotatable bonds is 4. The first kappa shape index (κ1) is 19.4. The van der Waals surface area contributed by atoms with Crippen molar-refractivity contribution in [3.05, 3.63) is 107 Å². The molecule has 0 aliphatic carbocycles. The van der Waals surface area contributed by atoms with Crippen LogP contribution in [0.4, 0.5) is 0 Å². The normalized spacial score (nSPS) is 13.2. The highest BCUT2D eigenvalue weighted by molar-refractivity contribution is 6.32. The quantitative estimate of drug-likeness (QED) is 0.420. The van der Waals surface area contributed by atoms with Crippen molar-refractivity contribution in [1.82, 2.24) is 19.2 Å². The Morgan fingerprint density at radius 1 is 1.00 bits per heavy atom. The lowest BCUT2D eigenvalue weighted by Gasteiger charge is -2.16. The molecule has 0 fully saturated rings. The van der Waals surface area contributed by atoms with E-state index in [1.54, 1.807) is 17.1 Å². The minimum atomic E-state index is -0.0572. The van der Waals surface area contributed by atoms with Gasteiger partial charge in [0.05, 0.1) is 24.5 Å². The Morgan fingerprint density at radius 2 is 1.74 bits per heavy atom. The van der Waals surface area contributed by atoms with Crippen LogP contribution in [0.1, 0.15) is 22.4 Å². The number of carbonyl (C=O) groups is 1. The second-order valence-corrected chi connectivity index (χ2v) is 8.04. The van der Waals surface area contributed by atoms with Crippen molar-refractivity contribution in [3.63, 3.8) is 0 Å². The molecule has 0 spiro atoms. The summed E-state index contributed by atoms with van der Waals surface area (Å²) < 4.78 is 4.02. The van der Waals surface area contributed by atoms with Crippen LogP contribution in [-0.2, 0) is 17.9 Å². The summed E-state index contributed by atoms with van der Waals surface area (Å²) in [6, 6.07) is 19.8. The van der Waals surface area contributed by atoms with Crippen molar-refractivity contribution in [2.45, 2.75) is 20.0 Å². The monoisotopic (exact) mass is 428 g/mol. The number of halogens is 1. The predicted molar refractivity (Wildman–Crippen MR) is 122 cm³/mol. The zero-order valence-corrected chi connectivity index (χ0v) is 17.8. The molecular weight excluding hydrogens is 408 g/mol. The van der Waals surface area contributed by atoms with Gasteiger partial charge in [-0.15, -0.1) is 0 Å². The van der Waals surface area contributed by atoms with E-state index in [0.29, 0.717) is 18.1 Å². The summed E-state index contributed by atoms with van der Waals surface area (Å²) >= 11 is 6.19. The number of hydrogen-bond acceptors (Lipinski definition) is 2. The fourth-order valence-corrected chi connectivity index (χ4v) is 4.04. The van der Waals surface area contributed by atoms with Crippen molar-refractivity contribution >= 4 is 23.6 Å². The van der Waals surface area contributed by atoms with Gasteiger partial charge in [-0.1, -0.05) is 47.5 Å².